The number of esters is 1. The Morgan fingerprint density at radius 1 is 1.08 bits per heavy atom. The zero-order valence-corrected chi connectivity index (χ0v) is 16.1. The summed E-state index contributed by atoms with van der Waals surface area (Å²) in [5.74, 6) is 1.19. The summed E-state index contributed by atoms with van der Waals surface area (Å²) in [5, 5.41) is 0. The van der Waals surface area contributed by atoms with Crippen molar-refractivity contribution in [3.63, 3.8) is 0 Å². The van der Waals surface area contributed by atoms with Crippen molar-refractivity contribution in [2.24, 2.45) is 4.99 Å². The van der Waals surface area contributed by atoms with Gasteiger partial charge in [-0.2, -0.15) is 0 Å². The van der Waals surface area contributed by atoms with Crippen molar-refractivity contribution in [3.05, 3.63) is 66.2 Å². The second kappa shape index (κ2) is 10.5. The summed E-state index contributed by atoms with van der Waals surface area (Å²) in [6.45, 7) is 4.16. The van der Waals surface area contributed by atoms with E-state index in [-0.39, 0.29) is 5.71 Å². The van der Waals surface area contributed by atoms with Gasteiger partial charge in [0, 0.05) is 4.91 Å². The van der Waals surface area contributed by atoms with E-state index >= 15 is 0 Å². The van der Waals surface area contributed by atoms with Crippen LogP contribution in [0.3, 0.4) is 0 Å². The molecular weight excluding hydrogens is 346 g/mol. The van der Waals surface area contributed by atoms with Gasteiger partial charge in [-0.25, -0.2) is 9.79 Å². The number of hydrogen-bond acceptors (Lipinski definition) is 5. The van der Waals surface area contributed by atoms with Crippen molar-refractivity contribution < 1.29 is 14.3 Å². The lowest BCUT2D eigenvalue weighted by Gasteiger charge is -2.08. The molecule has 0 saturated carbocycles. The number of thioether (sulfide) groups is 1. The van der Waals surface area contributed by atoms with Crippen LogP contribution in [0.4, 0.5) is 5.69 Å². The molecule has 2 aromatic carbocycles. The van der Waals surface area contributed by atoms with Gasteiger partial charge in [-0.15, -0.1) is 11.8 Å². The summed E-state index contributed by atoms with van der Waals surface area (Å²) >= 11 is 1.66. The molecule has 0 aliphatic carbocycles. The Labute approximate surface area is 158 Å². The average molecular weight is 369 g/mol. The molecule has 0 atom stereocenters. The van der Waals surface area contributed by atoms with Crippen LogP contribution in [0.5, 0.6) is 5.75 Å². The van der Waals surface area contributed by atoms with Crippen LogP contribution in [0.1, 0.15) is 19.4 Å². The normalized spacial score (nSPS) is 12.0. The lowest BCUT2D eigenvalue weighted by Crippen LogP contribution is -2.15. The summed E-state index contributed by atoms with van der Waals surface area (Å²) in [6, 6.07) is 17.2. The molecule has 2 rings (SSSR count). The third kappa shape index (κ3) is 5.77. The van der Waals surface area contributed by atoms with E-state index in [1.807, 2.05) is 42.5 Å². The largest absolute Gasteiger partial charge is 0.497 e. The fourth-order valence-electron chi connectivity index (χ4n) is 2.23. The molecule has 2 aromatic rings. The number of ether oxygens (including phenoxy) is 2. The third-order valence-corrected chi connectivity index (χ3v) is 4.39. The van der Waals surface area contributed by atoms with E-state index in [0.717, 1.165) is 22.0 Å². The predicted octanol–water partition coefficient (Wildman–Crippen LogP) is 5.13. The van der Waals surface area contributed by atoms with Gasteiger partial charge in [0.25, 0.3) is 0 Å². The maximum absolute atomic E-state index is 12.4. The summed E-state index contributed by atoms with van der Waals surface area (Å²) in [4.78, 5) is 17.9. The van der Waals surface area contributed by atoms with E-state index in [1.165, 1.54) is 0 Å². The van der Waals surface area contributed by atoms with Gasteiger partial charge < -0.3 is 9.47 Å². The topological polar surface area (TPSA) is 47.9 Å². The smallest absolute Gasteiger partial charge is 0.356 e. The van der Waals surface area contributed by atoms with E-state index in [9.17, 15) is 4.79 Å². The van der Waals surface area contributed by atoms with Crippen LogP contribution in [-0.4, -0.2) is 31.2 Å². The molecule has 0 aliphatic heterocycles. The molecular formula is C21H23NO3S. The lowest BCUT2D eigenvalue weighted by atomic mass is 10.2. The Kier molecular flexibility index (Phi) is 7.96. The predicted molar refractivity (Wildman–Crippen MR) is 109 cm³/mol. The van der Waals surface area contributed by atoms with Crippen LogP contribution in [-0.2, 0) is 9.53 Å². The summed E-state index contributed by atoms with van der Waals surface area (Å²) in [5.41, 5.74) is 1.99. The van der Waals surface area contributed by atoms with Crippen LogP contribution < -0.4 is 4.74 Å². The molecule has 136 valence electrons. The highest BCUT2D eigenvalue weighted by Crippen LogP contribution is 2.28. The highest BCUT2D eigenvalue weighted by atomic mass is 32.2. The molecule has 0 N–H and O–H groups in total. The number of hydrogen-bond donors (Lipinski definition) is 0. The zero-order valence-electron chi connectivity index (χ0n) is 15.3. The van der Waals surface area contributed by atoms with Gasteiger partial charge >= 0.3 is 5.97 Å². The van der Waals surface area contributed by atoms with Gasteiger partial charge in [0.05, 0.1) is 19.4 Å². The molecule has 0 unspecified atom stereocenters. The maximum Gasteiger partial charge on any atom is 0.356 e. The molecule has 0 aromatic heterocycles. The molecule has 0 fully saturated rings. The quantitative estimate of drug-likeness (QED) is 0.478. The first-order valence-corrected chi connectivity index (χ1v) is 9.46. The van der Waals surface area contributed by atoms with Crippen LogP contribution in [0.2, 0.25) is 0 Å². The number of nitrogens with zero attached hydrogens (tertiary/aromatic N) is 1. The molecule has 0 bridgehead atoms. The summed E-state index contributed by atoms with van der Waals surface area (Å²) in [7, 11) is 1.61. The van der Waals surface area contributed by atoms with Gasteiger partial charge in [-0.1, -0.05) is 37.3 Å². The second-order valence-corrected chi connectivity index (χ2v) is 6.53. The van der Waals surface area contributed by atoms with Gasteiger partial charge in [0.2, 0.25) is 0 Å². The number of carbonyl (C=O) groups is 1. The Balaban J connectivity index is 2.44. The van der Waals surface area contributed by atoms with Crippen molar-refractivity contribution in [2.45, 2.75) is 13.8 Å². The first-order valence-electron chi connectivity index (χ1n) is 8.47. The van der Waals surface area contributed by atoms with E-state index in [2.05, 4.69) is 11.9 Å². The molecule has 0 heterocycles. The highest BCUT2D eigenvalue weighted by Gasteiger charge is 2.13. The van der Waals surface area contributed by atoms with Crippen LogP contribution in [0, 0.1) is 0 Å². The van der Waals surface area contributed by atoms with E-state index in [4.69, 9.17) is 9.47 Å². The van der Waals surface area contributed by atoms with E-state index in [0.29, 0.717) is 12.3 Å². The molecule has 0 saturated heterocycles. The monoisotopic (exact) mass is 369 g/mol. The lowest BCUT2D eigenvalue weighted by molar-refractivity contribution is -0.134. The number of aliphatic imine (C=N–C) groups is 1. The van der Waals surface area contributed by atoms with Gasteiger partial charge in [0.15, 0.2) is 0 Å². The third-order valence-electron chi connectivity index (χ3n) is 3.43. The minimum absolute atomic E-state index is 0.275. The minimum atomic E-state index is -0.437. The van der Waals surface area contributed by atoms with Crippen LogP contribution >= 0.6 is 11.8 Å². The molecule has 0 radical (unpaired) electrons. The molecule has 26 heavy (non-hydrogen) atoms. The van der Waals surface area contributed by atoms with Crippen molar-refractivity contribution in [2.75, 3.05) is 19.5 Å². The van der Waals surface area contributed by atoms with Crippen molar-refractivity contribution in [1.29, 1.82) is 0 Å². The minimum Gasteiger partial charge on any atom is -0.497 e. The van der Waals surface area contributed by atoms with Gasteiger partial charge in [-0.05, 0) is 48.6 Å². The van der Waals surface area contributed by atoms with Gasteiger partial charge in [0.1, 0.15) is 11.5 Å². The Hall–Kier alpha value is -2.53. The standard InChI is InChI=1S/C21H23NO3S/c1-4-25-21(23)19(22-17-11-13-18(24-3)14-12-17)15-20(26-5-2)16-9-7-6-8-10-16/h6-15H,4-5H2,1-3H3/b20-15-,22-19?. The Morgan fingerprint density at radius 2 is 1.77 bits per heavy atom. The first-order chi connectivity index (χ1) is 12.7. The SMILES string of the molecule is CCOC(=O)C(/C=C(\SCC)c1ccccc1)=Nc1ccc(OC)cc1. The number of rotatable bonds is 8. The first kappa shape index (κ1) is 19.8. The molecule has 0 aliphatic rings. The van der Waals surface area contributed by atoms with E-state index < -0.39 is 5.97 Å². The Morgan fingerprint density at radius 3 is 2.35 bits per heavy atom. The van der Waals surface area contributed by atoms with Gasteiger partial charge in [-0.3, -0.25) is 0 Å². The van der Waals surface area contributed by atoms with Crippen molar-refractivity contribution >= 4 is 34.0 Å². The maximum atomic E-state index is 12.4. The summed E-state index contributed by atoms with van der Waals surface area (Å²) in [6.07, 6.45) is 1.80. The molecule has 0 spiro atoms. The number of carbonyl (C=O) groups excluding carboxylic acids is 1. The van der Waals surface area contributed by atoms with Crippen molar-refractivity contribution in [3.8, 4) is 5.75 Å². The van der Waals surface area contributed by atoms with Crippen LogP contribution in [0.25, 0.3) is 4.91 Å². The molecule has 0 amide bonds. The van der Waals surface area contributed by atoms with Crippen molar-refractivity contribution in [1.82, 2.24) is 0 Å². The highest BCUT2D eigenvalue weighted by molar-refractivity contribution is 8.08. The summed E-state index contributed by atoms with van der Waals surface area (Å²) < 4.78 is 10.3. The molecule has 4 nitrogen and oxygen atoms in total. The molecule has 5 heteroatoms. The zero-order chi connectivity index (χ0) is 18.8. The average Bonchev–Trinajstić information content (AvgIpc) is 2.68. The van der Waals surface area contributed by atoms with E-state index in [1.54, 1.807) is 44.0 Å². The fraction of sp³-hybridized carbons (Fsp3) is 0.238. The Bertz CT molecular complexity index is 768. The second-order valence-electron chi connectivity index (χ2n) is 5.22. The number of benzene rings is 2. The number of methoxy groups -OCH3 is 1. The fourth-order valence-corrected chi connectivity index (χ4v) is 3.04. The van der Waals surface area contributed by atoms with Crippen LogP contribution in [0.15, 0.2) is 65.7 Å².